The highest BCUT2D eigenvalue weighted by molar-refractivity contribution is 7.12. The van der Waals surface area contributed by atoms with Crippen molar-refractivity contribution in [3.05, 3.63) is 40.1 Å². The lowest BCUT2D eigenvalue weighted by Gasteiger charge is -2.19. The highest BCUT2D eigenvalue weighted by Gasteiger charge is 2.23. The summed E-state index contributed by atoms with van der Waals surface area (Å²) in [7, 11) is 4.40. The molecule has 0 fully saturated rings. The molecule has 2 amide bonds. The molecule has 0 spiro atoms. The van der Waals surface area contributed by atoms with Crippen LogP contribution in [0.4, 0.5) is 0 Å². The second kappa shape index (κ2) is 9.62. The fourth-order valence-electron chi connectivity index (χ4n) is 2.47. The van der Waals surface area contributed by atoms with Gasteiger partial charge in [0.2, 0.25) is 11.7 Å². The van der Waals surface area contributed by atoms with Crippen LogP contribution in [-0.4, -0.2) is 39.2 Å². The number of amides is 2. The van der Waals surface area contributed by atoms with Gasteiger partial charge in [-0.2, -0.15) is 5.26 Å². The summed E-state index contributed by atoms with van der Waals surface area (Å²) in [5.41, 5.74) is 0.460. The number of nitrogens with one attached hydrogen (secondary N) is 2. The third-order valence-corrected chi connectivity index (χ3v) is 4.79. The number of ether oxygens (including phenoxy) is 3. The van der Waals surface area contributed by atoms with Gasteiger partial charge in [-0.05, 0) is 36.1 Å². The van der Waals surface area contributed by atoms with Crippen LogP contribution < -0.4 is 24.8 Å². The van der Waals surface area contributed by atoms with Crippen LogP contribution in [-0.2, 0) is 4.79 Å². The highest BCUT2D eigenvalue weighted by atomic mass is 32.1. The number of benzene rings is 1. The molecule has 2 unspecified atom stereocenters. The van der Waals surface area contributed by atoms with Crippen molar-refractivity contribution in [1.82, 2.24) is 10.6 Å². The standard InChI is InChI=1S/C19H21N3O5S/c1-11(21-19(24)16-6-5-7-28-16)18(23)22-13(10-20)12-8-14(25-2)17(27-4)15(9-12)26-3/h5-9,11,13H,1-4H3,(H,21,24)(H,22,23). The number of nitrogens with zero attached hydrogens (tertiary/aromatic N) is 1. The van der Waals surface area contributed by atoms with Crippen molar-refractivity contribution in [2.45, 2.75) is 19.0 Å². The molecule has 0 aliphatic carbocycles. The molecule has 8 nitrogen and oxygen atoms in total. The maximum absolute atomic E-state index is 12.5. The van der Waals surface area contributed by atoms with Gasteiger partial charge >= 0.3 is 0 Å². The van der Waals surface area contributed by atoms with Crippen molar-refractivity contribution in [3.63, 3.8) is 0 Å². The van der Waals surface area contributed by atoms with Gasteiger partial charge in [-0.15, -0.1) is 11.3 Å². The maximum Gasteiger partial charge on any atom is 0.261 e. The number of thiophene rings is 1. The molecule has 1 aromatic heterocycles. The van der Waals surface area contributed by atoms with Crippen molar-refractivity contribution in [3.8, 4) is 23.3 Å². The molecular formula is C19H21N3O5S. The number of carbonyl (C=O) groups is 2. The van der Waals surface area contributed by atoms with Crippen molar-refractivity contribution in [1.29, 1.82) is 5.26 Å². The number of hydrogen-bond donors (Lipinski definition) is 2. The van der Waals surface area contributed by atoms with Crippen LogP contribution in [0.5, 0.6) is 17.2 Å². The average Bonchev–Trinajstić information content (AvgIpc) is 3.25. The Bertz CT molecular complexity index is 851. The summed E-state index contributed by atoms with van der Waals surface area (Å²) in [6, 6.07) is 6.83. The number of nitriles is 1. The quantitative estimate of drug-likeness (QED) is 0.700. The second-order valence-corrected chi connectivity index (χ2v) is 6.65. The van der Waals surface area contributed by atoms with Gasteiger partial charge in [-0.25, -0.2) is 0 Å². The zero-order valence-electron chi connectivity index (χ0n) is 15.9. The van der Waals surface area contributed by atoms with Gasteiger partial charge < -0.3 is 24.8 Å². The first-order valence-electron chi connectivity index (χ1n) is 8.29. The first-order chi connectivity index (χ1) is 13.4. The van der Waals surface area contributed by atoms with E-state index < -0.39 is 18.0 Å². The van der Waals surface area contributed by atoms with E-state index in [2.05, 4.69) is 10.6 Å². The molecule has 1 heterocycles. The lowest BCUT2D eigenvalue weighted by molar-refractivity contribution is -0.123. The summed E-state index contributed by atoms with van der Waals surface area (Å²) < 4.78 is 15.8. The Morgan fingerprint density at radius 3 is 2.21 bits per heavy atom. The number of hydrogen-bond acceptors (Lipinski definition) is 7. The highest BCUT2D eigenvalue weighted by Crippen LogP contribution is 2.39. The molecular weight excluding hydrogens is 382 g/mol. The van der Waals surface area contributed by atoms with E-state index in [0.717, 1.165) is 0 Å². The molecule has 9 heteroatoms. The SMILES string of the molecule is COc1cc(C(C#N)NC(=O)C(C)NC(=O)c2cccs2)cc(OC)c1OC. The molecule has 0 saturated heterocycles. The largest absolute Gasteiger partial charge is 0.493 e. The van der Waals surface area contributed by atoms with Gasteiger partial charge in [0.05, 0.1) is 32.3 Å². The normalized spacial score (nSPS) is 12.2. The van der Waals surface area contributed by atoms with E-state index in [1.165, 1.54) is 32.7 Å². The van der Waals surface area contributed by atoms with Crippen molar-refractivity contribution in [2.75, 3.05) is 21.3 Å². The molecule has 0 aliphatic heterocycles. The summed E-state index contributed by atoms with van der Waals surface area (Å²) in [6.45, 7) is 1.55. The molecule has 0 bridgehead atoms. The fourth-order valence-corrected chi connectivity index (χ4v) is 3.09. The molecule has 2 N–H and O–H groups in total. The van der Waals surface area contributed by atoms with Crippen LogP contribution in [0, 0.1) is 11.3 Å². The van der Waals surface area contributed by atoms with Crippen LogP contribution >= 0.6 is 11.3 Å². The first kappa shape index (κ1) is 21.1. The zero-order valence-corrected chi connectivity index (χ0v) is 16.8. The third-order valence-electron chi connectivity index (χ3n) is 3.92. The average molecular weight is 403 g/mol. The van der Waals surface area contributed by atoms with Gasteiger partial charge in [0.25, 0.3) is 5.91 Å². The Balaban J connectivity index is 2.16. The van der Waals surface area contributed by atoms with Crippen LogP contribution in [0.1, 0.15) is 28.2 Å². The topological polar surface area (TPSA) is 110 Å². The predicted octanol–water partition coefficient (Wildman–Crippen LogP) is 2.27. The molecule has 0 aliphatic rings. The van der Waals surface area contributed by atoms with E-state index in [0.29, 0.717) is 27.7 Å². The Morgan fingerprint density at radius 2 is 1.75 bits per heavy atom. The van der Waals surface area contributed by atoms with Gasteiger partial charge in [0.15, 0.2) is 11.5 Å². The first-order valence-corrected chi connectivity index (χ1v) is 9.17. The minimum absolute atomic E-state index is 0.348. The van der Waals surface area contributed by atoms with Crippen molar-refractivity contribution in [2.24, 2.45) is 0 Å². The fraction of sp³-hybridized carbons (Fsp3) is 0.316. The van der Waals surface area contributed by atoms with Gasteiger partial charge in [0.1, 0.15) is 12.1 Å². The van der Waals surface area contributed by atoms with Crippen LogP contribution in [0.25, 0.3) is 0 Å². The van der Waals surface area contributed by atoms with Crippen LogP contribution in [0.2, 0.25) is 0 Å². The molecule has 148 valence electrons. The lowest BCUT2D eigenvalue weighted by atomic mass is 10.1. The minimum atomic E-state index is -0.970. The molecule has 28 heavy (non-hydrogen) atoms. The molecule has 2 aromatic rings. The van der Waals surface area contributed by atoms with E-state index in [9.17, 15) is 14.9 Å². The summed E-state index contributed by atoms with van der Waals surface area (Å²) >= 11 is 1.28. The lowest BCUT2D eigenvalue weighted by Crippen LogP contribution is -2.45. The summed E-state index contributed by atoms with van der Waals surface area (Å²) in [5, 5.41) is 16.5. The summed E-state index contributed by atoms with van der Waals surface area (Å²) in [5.74, 6) is 0.272. The summed E-state index contributed by atoms with van der Waals surface area (Å²) in [6.07, 6.45) is 0. The second-order valence-electron chi connectivity index (χ2n) is 5.70. The zero-order chi connectivity index (χ0) is 20.7. The number of carbonyl (C=O) groups excluding carboxylic acids is 2. The third kappa shape index (κ3) is 4.72. The van der Waals surface area contributed by atoms with E-state index in [-0.39, 0.29) is 5.91 Å². The predicted molar refractivity (Wildman–Crippen MR) is 104 cm³/mol. The molecule has 1 aromatic carbocycles. The van der Waals surface area contributed by atoms with Gasteiger partial charge in [-0.1, -0.05) is 6.07 Å². The summed E-state index contributed by atoms with van der Waals surface area (Å²) in [4.78, 5) is 25.1. The molecule has 2 rings (SSSR count). The van der Waals surface area contributed by atoms with Crippen LogP contribution in [0.15, 0.2) is 29.6 Å². The van der Waals surface area contributed by atoms with E-state index in [1.807, 2.05) is 6.07 Å². The minimum Gasteiger partial charge on any atom is -0.493 e. The van der Waals surface area contributed by atoms with E-state index >= 15 is 0 Å². The van der Waals surface area contributed by atoms with E-state index in [1.54, 1.807) is 36.6 Å². The Kier molecular flexibility index (Phi) is 7.23. The van der Waals surface area contributed by atoms with Gasteiger partial charge in [-0.3, -0.25) is 9.59 Å². The van der Waals surface area contributed by atoms with E-state index in [4.69, 9.17) is 14.2 Å². The number of methoxy groups -OCH3 is 3. The smallest absolute Gasteiger partial charge is 0.261 e. The Labute approximate surface area is 167 Å². The Morgan fingerprint density at radius 1 is 1.11 bits per heavy atom. The van der Waals surface area contributed by atoms with Gasteiger partial charge in [0, 0.05) is 0 Å². The molecule has 0 radical (unpaired) electrons. The Hall–Kier alpha value is -3.25. The monoisotopic (exact) mass is 403 g/mol. The molecule has 0 saturated carbocycles. The molecule has 2 atom stereocenters. The van der Waals surface area contributed by atoms with Crippen molar-refractivity contribution >= 4 is 23.2 Å². The van der Waals surface area contributed by atoms with Crippen molar-refractivity contribution < 1.29 is 23.8 Å². The maximum atomic E-state index is 12.5. The number of rotatable bonds is 8. The van der Waals surface area contributed by atoms with Crippen LogP contribution in [0.3, 0.4) is 0 Å².